The molecule has 122 valence electrons. The van der Waals surface area contributed by atoms with E-state index in [0.29, 0.717) is 5.69 Å². The molecule has 0 aliphatic rings. The van der Waals surface area contributed by atoms with Gasteiger partial charge >= 0.3 is 0 Å². The molecule has 0 aliphatic carbocycles. The third kappa shape index (κ3) is 2.30. The van der Waals surface area contributed by atoms with Gasteiger partial charge in [0.15, 0.2) is 11.4 Å². The number of aryl methyl sites for hydroxylation is 3. The van der Waals surface area contributed by atoms with E-state index in [9.17, 15) is 0 Å². The van der Waals surface area contributed by atoms with Crippen molar-refractivity contribution in [3.05, 3.63) is 70.7 Å². The molecule has 0 atom stereocenters. The molecule has 4 rings (SSSR count). The molecular formula is C22H19N2O+. The number of fused-ring (bicyclic) bond motifs is 3. The van der Waals surface area contributed by atoms with Crippen LogP contribution in [0, 0.1) is 27.3 Å². The Morgan fingerprint density at radius 3 is 2.52 bits per heavy atom. The molecule has 0 saturated carbocycles. The number of nitrogens with zero attached hydrogens (tertiary/aromatic N) is 2. The van der Waals surface area contributed by atoms with Crippen molar-refractivity contribution in [2.45, 2.75) is 20.8 Å². The van der Waals surface area contributed by atoms with Crippen LogP contribution in [-0.2, 0) is 7.05 Å². The molecule has 3 heteroatoms. The summed E-state index contributed by atoms with van der Waals surface area (Å²) in [6.07, 6.45) is 0. The van der Waals surface area contributed by atoms with Gasteiger partial charge < -0.3 is 4.42 Å². The first-order valence-corrected chi connectivity index (χ1v) is 8.30. The lowest BCUT2D eigenvalue weighted by Crippen LogP contribution is -2.35. The lowest BCUT2D eigenvalue weighted by Gasteiger charge is -2.08. The number of aromatic nitrogens is 1. The molecule has 4 aromatic rings. The highest BCUT2D eigenvalue weighted by Gasteiger charge is 2.22. The van der Waals surface area contributed by atoms with Crippen molar-refractivity contribution in [1.82, 2.24) is 0 Å². The Hall–Kier alpha value is -3.12. The highest BCUT2D eigenvalue weighted by atomic mass is 16.3. The SMILES string of the molecule is [C-]#[N+]c1ccc2oc3c(-c4cc(C)cc(C)[n+]4C)c(C)ccc3c2c1. The van der Waals surface area contributed by atoms with Crippen LogP contribution in [0.4, 0.5) is 5.69 Å². The Morgan fingerprint density at radius 2 is 1.76 bits per heavy atom. The van der Waals surface area contributed by atoms with Crippen LogP contribution in [0.25, 0.3) is 38.0 Å². The summed E-state index contributed by atoms with van der Waals surface area (Å²) in [4.78, 5) is 3.55. The fourth-order valence-electron chi connectivity index (χ4n) is 3.52. The van der Waals surface area contributed by atoms with E-state index in [1.165, 1.54) is 16.8 Å². The highest BCUT2D eigenvalue weighted by Crippen LogP contribution is 2.38. The van der Waals surface area contributed by atoms with E-state index >= 15 is 0 Å². The molecule has 0 aliphatic heterocycles. The van der Waals surface area contributed by atoms with E-state index in [0.717, 1.165) is 33.2 Å². The zero-order valence-electron chi connectivity index (χ0n) is 14.8. The van der Waals surface area contributed by atoms with Gasteiger partial charge in [0.1, 0.15) is 18.2 Å². The Kier molecular flexibility index (Phi) is 3.36. The van der Waals surface area contributed by atoms with E-state index in [4.69, 9.17) is 11.0 Å². The third-order valence-corrected chi connectivity index (χ3v) is 4.91. The molecule has 2 aromatic heterocycles. The number of benzene rings is 2. The summed E-state index contributed by atoms with van der Waals surface area (Å²) >= 11 is 0. The summed E-state index contributed by atoms with van der Waals surface area (Å²) in [6, 6.07) is 14.2. The quantitative estimate of drug-likeness (QED) is 0.331. The first-order chi connectivity index (χ1) is 12.0. The van der Waals surface area contributed by atoms with Crippen LogP contribution in [0.5, 0.6) is 0 Å². The third-order valence-electron chi connectivity index (χ3n) is 4.91. The van der Waals surface area contributed by atoms with Crippen molar-refractivity contribution >= 4 is 27.6 Å². The van der Waals surface area contributed by atoms with Crippen LogP contribution in [-0.4, -0.2) is 0 Å². The zero-order chi connectivity index (χ0) is 17.7. The molecule has 0 unspecified atom stereocenters. The largest absolute Gasteiger partial charge is 0.455 e. The van der Waals surface area contributed by atoms with Crippen LogP contribution in [0.2, 0.25) is 0 Å². The second kappa shape index (κ2) is 5.46. The van der Waals surface area contributed by atoms with Crippen molar-refractivity contribution in [2.24, 2.45) is 7.05 Å². The van der Waals surface area contributed by atoms with Crippen LogP contribution in [0.3, 0.4) is 0 Å². The van der Waals surface area contributed by atoms with Gasteiger partial charge in [0.2, 0.25) is 5.69 Å². The van der Waals surface area contributed by atoms with Crippen molar-refractivity contribution < 1.29 is 8.98 Å². The predicted molar refractivity (Wildman–Crippen MR) is 101 cm³/mol. The normalized spacial score (nSPS) is 11.2. The van der Waals surface area contributed by atoms with Gasteiger partial charge in [0, 0.05) is 29.8 Å². The second-order valence-corrected chi connectivity index (χ2v) is 6.65. The number of pyridine rings is 1. The molecule has 3 nitrogen and oxygen atoms in total. The topological polar surface area (TPSA) is 21.4 Å². The molecule has 0 N–H and O–H groups in total. The fourth-order valence-corrected chi connectivity index (χ4v) is 3.52. The molecule has 0 saturated heterocycles. The summed E-state index contributed by atoms with van der Waals surface area (Å²) in [5.41, 5.74) is 8.22. The monoisotopic (exact) mass is 327 g/mol. The maximum atomic E-state index is 7.26. The van der Waals surface area contributed by atoms with Crippen LogP contribution in [0.15, 0.2) is 46.9 Å². The summed E-state index contributed by atoms with van der Waals surface area (Å²) in [5.74, 6) is 0. The molecule has 0 radical (unpaired) electrons. The van der Waals surface area contributed by atoms with Crippen molar-refractivity contribution in [1.29, 1.82) is 0 Å². The first-order valence-electron chi connectivity index (χ1n) is 8.30. The van der Waals surface area contributed by atoms with E-state index in [2.05, 4.69) is 61.5 Å². The van der Waals surface area contributed by atoms with E-state index in [1.807, 2.05) is 12.1 Å². The Morgan fingerprint density at radius 1 is 0.960 bits per heavy atom. The number of rotatable bonds is 1. The maximum absolute atomic E-state index is 7.26. The zero-order valence-corrected chi connectivity index (χ0v) is 14.8. The van der Waals surface area contributed by atoms with Gasteiger partial charge in [-0.15, -0.1) is 0 Å². The summed E-state index contributed by atoms with van der Waals surface area (Å²) in [5, 5.41) is 2.05. The van der Waals surface area contributed by atoms with Crippen LogP contribution in [0.1, 0.15) is 16.8 Å². The minimum Gasteiger partial charge on any atom is -0.455 e. The average molecular weight is 327 g/mol. The first kappa shape index (κ1) is 15.4. The Balaban J connectivity index is 2.15. The molecular weight excluding hydrogens is 308 g/mol. The molecule has 0 amide bonds. The molecule has 2 aromatic carbocycles. The van der Waals surface area contributed by atoms with Gasteiger partial charge in [-0.25, -0.2) is 4.85 Å². The van der Waals surface area contributed by atoms with E-state index in [-0.39, 0.29) is 0 Å². The average Bonchev–Trinajstić information content (AvgIpc) is 2.95. The minimum atomic E-state index is 0.634. The van der Waals surface area contributed by atoms with Gasteiger partial charge in [-0.1, -0.05) is 18.2 Å². The lowest BCUT2D eigenvalue weighted by atomic mass is 9.99. The second-order valence-electron chi connectivity index (χ2n) is 6.65. The molecule has 2 heterocycles. The Bertz CT molecular complexity index is 1190. The minimum absolute atomic E-state index is 0.634. The van der Waals surface area contributed by atoms with Crippen molar-refractivity contribution in [3.63, 3.8) is 0 Å². The lowest BCUT2D eigenvalue weighted by molar-refractivity contribution is -0.666. The predicted octanol–water partition coefficient (Wildman–Crippen LogP) is 5.55. The number of furan rings is 1. The fraction of sp³-hybridized carbons (Fsp3) is 0.182. The molecule has 0 bridgehead atoms. The summed E-state index contributed by atoms with van der Waals surface area (Å²) in [6.45, 7) is 13.6. The Labute approximate surface area is 147 Å². The summed E-state index contributed by atoms with van der Waals surface area (Å²) < 4.78 is 8.44. The van der Waals surface area contributed by atoms with E-state index in [1.54, 1.807) is 6.07 Å². The van der Waals surface area contributed by atoms with E-state index < -0.39 is 0 Å². The van der Waals surface area contributed by atoms with Gasteiger partial charge in [-0.05, 0) is 37.1 Å². The smallest absolute Gasteiger partial charge is 0.216 e. The number of hydrogen-bond acceptors (Lipinski definition) is 1. The molecule has 0 spiro atoms. The van der Waals surface area contributed by atoms with Crippen LogP contribution < -0.4 is 4.57 Å². The van der Waals surface area contributed by atoms with Gasteiger partial charge in [0.05, 0.1) is 12.1 Å². The van der Waals surface area contributed by atoms with Gasteiger partial charge in [0.25, 0.3) is 0 Å². The molecule has 25 heavy (non-hydrogen) atoms. The van der Waals surface area contributed by atoms with Crippen LogP contribution >= 0.6 is 0 Å². The summed E-state index contributed by atoms with van der Waals surface area (Å²) in [7, 11) is 2.09. The number of hydrogen-bond donors (Lipinski definition) is 0. The standard InChI is InChI=1S/C22H19N2O/c1-13-10-15(3)24(5)19(11-13)21-14(2)6-8-17-18-12-16(23-4)7-9-20(18)25-22(17)21/h6-12H,1-3,5H3/q+1. The van der Waals surface area contributed by atoms with Crippen molar-refractivity contribution in [3.8, 4) is 11.3 Å². The van der Waals surface area contributed by atoms with Gasteiger partial charge in [-0.2, -0.15) is 4.57 Å². The maximum Gasteiger partial charge on any atom is 0.216 e. The molecule has 0 fully saturated rings. The highest BCUT2D eigenvalue weighted by molar-refractivity contribution is 6.10. The van der Waals surface area contributed by atoms with Gasteiger partial charge in [-0.3, -0.25) is 0 Å². The van der Waals surface area contributed by atoms with Crippen molar-refractivity contribution in [2.75, 3.05) is 0 Å².